The first-order chi connectivity index (χ1) is 15.7. The lowest BCUT2D eigenvalue weighted by atomic mass is 9.96. The molecule has 0 aliphatic carbocycles. The average molecular weight is 469 g/mol. The molecule has 3 aromatic carbocycles. The molecule has 174 valence electrons. The van der Waals surface area contributed by atoms with Gasteiger partial charge in [0.05, 0.1) is 0 Å². The molecule has 0 bridgehead atoms. The van der Waals surface area contributed by atoms with Crippen molar-refractivity contribution in [3.05, 3.63) is 77.9 Å². The van der Waals surface area contributed by atoms with Crippen LogP contribution in [0.4, 0.5) is 0 Å². The monoisotopic (exact) mass is 468 g/mol. The van der Waals surface area contributed by atoms with E-state index in [9.17, 15) is 0 Å². The third kappa shape index (κ3) is 7.93. The number of hydrogen-bond donors (Lipinski definition) is 2. The number of fused-ring (bicyclic) bond motifs is 1. The number of carboxylic acids is 2. The highest BCUT2D eigenvalue weighted by molar-refractivity contribution is 7.98. The van der Waals surface area contributed by atoms with Gasteiger partial charge in [0, 0.05) is 22.6 Å². The smallest absolute Gasteiger partial charge is 0.414 e. The summed E-state index contributed by atoms with van der Waals surface area (Å²) in [6.07, 6.45) is 2.09. The number of thioether (sulfide) groups is 1. The van der Waals surface area contributed by atoms with Crippen LogP contribution in [0.2, 0.25) is 0 Å². The fraction of sp³-hybridized carbons (Fsp3) is 0.240. The van der Waals surface area contributed by atoms with Gasteiger partial charge in [-0.2, -0.15) is 0 Å². The zero-order valence-electron chi connectivity index (χ0n) is 19.1. The van der Waals surface area contributed by atoms with Gasteiger partial charge in [-0.25, -0.2) is 9.59 Å². The van der Waals surface area contributed by atoms with E-state index >= 15 is 0 Å². The van der Waals surface area contributed by atoms with E-state index in [1.54, 1.807) is 11.8 Å². The summed E-state index contributed by atoms with van der Waals surface area (Å²) in [6, 6.07) is 23.2. The molecule has 0 aliphatic rings. The predicted molar refractivity (Wildman–Crippen MR) is 132 cm³/mol. The largest absolute Gasteiger partial charge is 0.473 e. The number of nitrogens with zero attached hydrogens (tertiary/aromatic N) is 2. The van der Waals surface area contributed by atoms with Crippen LogP contribution in [-0.4, -0.2) is 65.8 Å². The highest BCUT2D eigenvalue weighted by Crippen LogP contribution is 2.24. The number of oxime groups is 1. The number of hydrogen-bond acceptors (Lipinski definition) is 6. The Labute approximate surface area is 197 Å². The molecular formula is C25H28N2O5S. The van der Waals surface area contributed by atoms with Crippen molar-refractivity contribution in [3.8, 4) is 0 Å². The van der Waals surface area contributed by atoms with Crippen molar-refractivity contribution in [1.82, 2.24) is 4.90 Å². The van der Waals surface area contributed by atoms with E-state index in [0.717, 1.165) is 23.4 Å². The van der Waals surface area contributed by atoms with Gasteiger partial charge in [0.15, 0.2) is 0 Å². The van der Waals surface area contributed by atoms with Gasteiger partial charge in [-0.15, -0.1) is 11.8 Å². The van der Waals surface area contributed by atoms with Gasteiger partial charge >= 0.3 is 11.9 Å². The Balaban J connectivity index is 0.000000569. The Hall–Kier alpha value is -3.36. The zero-order chi connectivity index (χ0) is 24.4. The first-order valence-corrected chi connectivity index (χ1v) is 11.4. The van der Waals surface area contributed by atoms with Gasteiger partial charge in [-0.3, -0.25) is 0 Å². The second kappa shape index (κ2) is 12.6. The fourth-order valence-corrected chi connectivity index (χ4v) is 3.54. The molecule has 8 heteroatoms. The van der Waals surface area contributed by atoms with Crippen molar-refractivity contribution in [2.24, 2.45) is 5.16 Å². The summed E-state index contributed by atoms with van der Waals surface area (Å²) in [4.78, 5) is 27.4. The van der Waals surface area contributed by atoms with Crippen LogP contribution in [0.15, 0.2) is 76.8 Å². The van der Waals surface area contributed by atoms with E-state index in [1.165, 1.54) is 15.7 Å². The van der Waals surface area contributed by atoms with Crippen LogP contribution in [0.5, 0.6) is 0 Å². The number of carboxylic acid groups (broad SMARTS) is 2. The van der Waals surface area contributed by atoms with Gasteiger partial charge in [0.2, 0.25) is 0 Å². The summed E-state index contributed by atoms with van der Waals surface area (Å²) in [5.41, 5.74) is 3.01. The topological polar surface area (TPSA) is 99.4 Å². The number of rotatable bonds is 7. The van der Waals surface area contributed by atoms with Crippen LogP contribution in [0.3, 0.4) is 0 Å². The predicted octanol–water partition coefficient (Wildman–Crippen LogP) is 4.44. The molecular weight excluding hydrogens is 440 g/mol. The maximum absolute atomic E-state index is 9.10. The van der Waals surface area contributed by atoms with E-state index in [4.69, 9.17) is 24.6 Å². The Bertz CT molecular complexity index is 1100. The SMILES string of the molecule is CSc1ccc(/C(=N\OC(C)CN(C)C)c2cccc3ccccc23)cc1.O=C(O)C(=O)O. The fourth-order valence-electron chi connectivity index (χ4n) is 3.13. The summed E-state index contributed by atoms with van der Waals surface area (Å²) < 4.78 is 0. The Kier molecular flexibility index (Phi) is 9.90. The highest BCUT2D eigenvalue weighted by atomic mass is 32.2. The van der Waals surface area contributed by atoms with Crippen molar-refractivity contribution < 1.29 is 24.6 Å². The molecule has 3 aromatic rings. The van der Waals surface area contributed by atoms with Crippen molar-refractivity contribution in [2.75, 3.05) is 26.9 Å². The maximum Gasteiger partial charge on any atom is 0.414 e. The van der Waals surface area contributed by atoms with Crippen LogP contribution in [0.1, 0.15) is 18.1 Å². The number of likely N-dealkylation sites (N-methyl/N-ethyl adjacent to an activating group) is 1. The quantitative estimate of drug-likeness (QED) is 0.229. The minimum Gasteiger partial charge on any atom is -0.473 e. The van der Waals surface area contributed by atoms with Crippen molar-refractivity contribution in [1.29, 1.82) is 0 Å². The molecule has 0 aromatic heterocycles. The van der Waals surface area contributed by atoms with Gasteiger partial charge in [0.1, 0.15) is 11.8 Å². The van der Waals surface area contributed by atoms with Crippen molar-refractivity contribution >= 4 is 40.2 Å². The van der Waals surface area contributed by atoms with E-state index < -0.39 is 11.9 Å². The second-order valence-electron chi connectivity index (χ2n) is 7.48. The summed E-state index contributed by atoms with van der Waals surface area (Å²) in [7, 11) is 4.08. The molecule has 33 heavy (non-hydrogen) atoms. The lowest BCUT2D eigenvalue weighted by Gasteiger charge is -2.17. The van der Waals surface area contributed by atoms with Crippen molar-refractivity contribution in [3.63, 3.8) is 0 Å². The lowest BCUT2D eigenvalue weighted by Crippen LogP contribution is -2.25. The molecule has 0 saturated carbocycles. The normalized spacial score (nSPS) is 12.1. The lowest BCUT2D eigenvalue weighted by molar-refractivity contribution is -0.159. The summed E-state index contributed by atoms with van der Waals surface area (Å²) in [5.74, 6) is -3.65. The third-order valence-electron chi connectivity index (χ3n) is 4.54. The van der Waals surface area contributed by atoms with E-state index in [-0.39, 0.29) is 6.10 Å². The molecule has 1 unspecified atom stereocenters. The average Bonchev–Trinajstić information content (AvgIpc) is 2.79. The number of benzene rings is 3. The number of aliphatic carboxylic acids is 2. The minimum atomic E-state index is -1.82. The Morgan fingerprint density at radius 2 is 1.58 bits per heavy atom. The Morgan fingerprint density at radius 3 is 2.15 bits per heavy atom. The van der Waals surface area contributed by atoms with Crippen LogP contribution < -0.4 is 0 Å². The van der Waals surface area contributed by atoms with Crippen LogP contribution >= 0.6 is 11.8 Å². The van der Waals surface area contributed by atoms with Crippen LogP contribution in [-0.2, 0) is 14.4 Å². The highest BCUT2D eigenvalue weighted by Gasteiger charge is 2.13. The molecule has 3 rings (SSSR count). The van der Waals surface area contributed by atoms with Crippen LogP contribution in [0.25, 0.3) is 10.8 Å². The van der Waals surface area contributed by atoms with Crippen molar-refractivity contribution in [2.45, 2.75) is 17.9 Å². The van der Waals surface area contributed by atoms with E-state index in [2.05, 4.69) is 83.0 Å². The number of carbonyl (C=O) groups is 2. The molecule has 1 atom stereocenters. The molecule has 0 saturated heterocycles. The first kappa shape index (κ1) is 25.9. The third-order valence-corrected chi connectivity index (χ3v) is 5.28. The molecule has 0 radical (unpaired) electrons. The van der Waals surface area contributed by atoms with Gasteiger partial charge in [-0.05, 0) is 50.2 Å². The summed E-state index contributed by atoms with van der Waals surface area (Å²) in [5, 5.41) is 21.8. The van der Waals surface area contributed by atoms with Gasteiger partial charge in [-0.1, -0.05) is 59.8 Å². The summed E-state index contributed by atoms with van der Waals surface area (Å²) in [6.45, 7) is 2.86. The minimum absolute atomic E-state index is 0.00967. The van der Waals surface area contributed by atoms with E-state index in [0.29, 0.717) is 0 Å². The molecule has 0 aliphatic heterocycles. The Morgan fingerprint density at radius 1 is 0.970 bits per heavy atom. The molecule has 0 amide bonds. The standard InChI is InChI=1S/C23H26N2OS.C2H2O4/c1-17(16-25(2)3)26-24-23(19-12-14-20(27-4)15-13-19)22-11-7-9-18-8-5-6-10-21(18)22;3-1(4)2(5)6/h5-15,17H,16H2,1-4H3;(H,3,4)(H,5,6)/b24-23+;. The van der Waals surface area contributed by atoms with Gasteiger partial charge < -0.3 is 20.0 Å². The molecule has 2 N–H and O–H groups in total. The first-order valence-electron chi connectivity index (χ1n) is 10.2. The zero-order valence-corrected chi connectivity index (χ0v) is 19.9. The van der Waals surface area contributed by atoms with Crippen LogP contribution in [0, 0.1) is 0 Å². The van der Waals surface area contributed by atoms with Gasteiger partial charge in [0.25, 0.3) is 0 Å². The maximum atomic E-state index is 9.10. The molecule has 0 fully saturated rings. The van der Waals surface area contributed by atoms with E-state index in [1.807, 2.05) is 21.0 Å². The summed E-state index contributed by atoms with van der Waals surface area (Å²) >= 11 is 1.74. The second-order valence-corrected chi connectivity index (χ2v) is 8.36. The molecule has 0 heterocycles. The molecule has 7 nitrogen and oxygen atoms in total. The molecule has 0 spiro atoms.